The largest absolute Gasteiger partial charge is 0.482 e. The van der Waals surface area contributed by atoms with Crippen LogP contribution in [0.3, 0.4) is 0 Å². The Morgan fingerprint density at radius 2 is 2.12 bits per heavy atom. The summed E-state index contributed by atoms with van der Waals surface area (Å²) in [5.41, 5.74) is 1.20. The van der Waals surface area contributed by atoms with Gasteiger partial charge in [-0.1, -0.05) is 32.4 Å². The highest BCUT2D eigenvalue weighted by Gasteiger charge is 2.03. The zero-order valence-electron chi connectivity index (χ0n) is 10.6. The topological polar surface area (TPSA) is 35.5 Å². The maximum Gasteiger partial charge on any atom is 0.344 e. The molecule has 0 saturated heterocycles. The van der Waals surface area contributed by atoms with E-state index in [4.69, 9.17) is 9.47 Å². The maximum absolute atomic E-state index is 11.3. The second-order valence-corrected chi connectivity index (χ2v) is 3.86. The summed E-state index contributed by atoms with van der Waals surface area (Å²) in [6.07, 6.45) is 2.88. The Kier molecular flexibility index (Phi) is 6.15. The number of hydrogen-bond acceptors (Lipinski definition) is 3. The van der Waals surface area contributed by atoms with Crippen molar-refractivity contribution in [1.29, 1.82) is 0 Å². The van der Waals surface area contributed by atoms with Crippen LogP contribution in [0, 0.1) is 0 Å². The average molecular weight is 236 g/mol. The molecule has 94 valence electrons. The molecule has 3 nitrogen and oxygen atoms in total. The highest BCUT2D eigenvalue weighted by Crippen LogP contribution is 2.13. The van der Waals surface area contributed by atoms with E-state index >= 15 is 0 Å². The van der Waals surface area contributed by atoms with Crippen LogP contribution in [0.15, 0.2) is 24.3 Å². The number of aryl methyl sites for hydroxylation is 1. The zero-order chi connectivity index (χ0) is 12.5. The summed E-state index contributed by atoms with van der Waals surface area (Å²) >= 11 is 0. The van der Waals surface area contributed by atoms with E-state index in [1.165, 1.54) is 5.56 Å². The molecule has 0 aromatic heterocycles. The highest BCUT2D eigenvalue weighted by atomic mass is 16.6. The van der Waals surface area contributed by atoms with Gasteiger partial charge in [0.15, 0.2) is 6.61 Å². The summed E-state index contributed by atoms with van der Waals surface area (Å²) < 4.78 is 10.4. The van der Waals surface area contributed by atoms with Crippen LogP contribution in [-0.4, -0.2) is 19.2 Å². The average Bonchev–Trinajstić information content (AvgIpc) is 2.37. The predicted molar refractivity (Wildman–Crippen MR) is 67.2 cm³/mol. The Balaban J connectivity index is 2.31. The summed E-state index contributed by atoms with van der Waals surface area (Å²) in [5.74, 6) is 0.414. The van der Waals surface area contributed by atoms with Gasteiger partial charge in [-0.2, -0.15) is 0 Å². The van der Waals surface area contributed by atoms with Gasteiger partial charge in [-0.05, 0) is 30.5 Å². The third kappa shape index (κ3) is 5.38. The lowest BCUT2D eigenvalue weighted by atomic mass is 10.2. The van der Waals surface area contributed by atoms with Gasteiger partial charge in [-0.3, -0.25) is 0 Å². The van der Waals surface area contributed by atoms with E-state index in [0.29, 0.717) is 6.61 Å². The number of carbonyl (C=O) groups excluding carboxylic acids is 1. The first-order chi connectivity index (χ1) is 8.26. The van der Waals surface area contributed by atoms with Crippen LogP contribution >= 0.6 is 0 Å². The smallest absolute Gasteiger partial charge is 0.344 e. The summed E-state index contributed by atoms with van der Waals surface area (Å²) in [6, 6.07) is 7.75. The van der Waals surface area contributed by atoms with Gasteiger partial charge < -0.3 is 9.47 Å². The lowest BCUT2D eigenvalue weighted by Gasteiger charge is -2.07. The minimum absolute atomic E-state index is 0.0170. The molecule has 1 aromatic carbocycles. The fourth-order valence-corrected chi connectivity index (χ4v) is 1.37. The van der Waals surface area contributed by atoms with Crippen LogP contribution in [0.5, 0.6) is 5.75 Å². The quantitative estimate of drug-likeness (QED) is 0.539. The van der Waals surface area contributed by atoms with Gasteiger partial charge in [0.05, 0.1) is 6.61 Å². The van der Waals surface area contributed by atoms with Crippen molar-refractivity contribution in [3.05, 3.63) is 29.8 Å². The molecule has 0 bridgehead atoms. The number of esters is 1. The molecule has 0 saturated carbocycles. The van der Waals surface area contributed by atoms with Crippen molar-refractivity contribution < 1.29 is 14.3 Å². The van der Waals surface area contributed by atoms with Crippen LogP contribution in [0.4, 0.5) is 0 Å². The van der Waals surface area contributed by atoms with Crippen molar-refractivity contribution in [1.82, 2.24) is 0 Å². The van der Waals surface area contributed by atoms with Gasteiger partial charge in [0, 0.05) is 0 Å². The van der Waals surface area contributed by atoms with Crippen molar-refractivity contribution in [3.8, 4) is 5.75 Å². The number of carbonyl (C=O) groups is 1. The highest BCUT2D eigenvalue weighted by molar-refractivity contribution is 5.71. The van der Waals surface area contributed by atoms with Crippen LogP contribution < -0.4 is 4.74 Å². The maximum atomic E-state index is 11.3. The summed E-state index contributed by atoms with van der Waals surface area (Å²) in [6.45, 7) is 4.60. The number of hydrogen-bond donors (Lipinski definition) is 0. The van der Waals surface area contributed by atoms with E-state index < -0.39 is 0 Å². The van der Waals surface area contributed by atoms with Crippen LogP contribution in [0.1, 0.15) is 32.3 Å². The lowest BCUT2D eigenvalue weighted by molar-refractivity contribution is -0.146. The number of benzene rings is 1. The van der Waals surface area contributed by atoms with Crippen LogP contribution in [-0.2, 0) is 16.0 Å². The van der Waals surface area contributed by atoms with E-state index in [0.717, 1.165) is 25.0 Å². The van der Waals surface area contributed by atoms with Crippen molar-refractivity contribution in [3.63, 3.8) is 0 Å². The fraction of sp³-hybridized carbons (Fsp3) is 0.500. The summed E-state index contributed by atoms with van der Waals surface area (Å²) in [4.78, 5) is 11.3. The SMILES string of the molecule is CCCCOC(=O)COc1cccc(CC)c1. The third-order valence-electron chi connectivity index (χ3n) is 2.42. The Morgan fingerprint density at radius 1 is 1.29 bits per heavy atom. The molecular weight excluding hydrogens is 216 g/mol. The molecule has 0 heterocycles. The van der Waals surface area contributed by atoms with Crippen LogP contribution in [0.2, 0.25) is 0 Å². The third-order valence-corrected chi connectivity index (χ3v) is 2.42. The van der Waals surface area contributed by atoms with E-state index in [1.807, 2.05) is 24.3 Å². The normalized spacial score (nSPS) is 10.0. The van der Waals surface area contributed by atoms with Crippen molar-refractivity contribution in [2.75, 3.05) is 13.2 Å². The van der Waals surface area contributed by atoms with E-state index in [-0.39, 0.29) is 12.6 Å². The Hall–Kier alpha value is -1.51. The van der Waals surface area contributed by atoms with Crippen molar-refractivity contribution in [2.45, 2.75) is 33.1 Å². The zero-order valence-corrected chi connectivity index (χ0v) is 10.6. The van der Waals surface area contributed by atoms with Gasteiger partial charge in [0.25, 0.3) is 0 Å². The summed E-state index contributed by atoms with van der Waals surface area (Å²) in [7, 11) is 0. The monoisotopic (exact) mass is 236 g/mol. The number of unbranched alkanes of at least 4 members (excludes halogenated alkanes) is 1. The van der Waals surface area contributed by atoms with Gasteiger partial charge in [0.1, 0.15) is 5.75 Å². The first kappa shape index (κ1) is 13.6. The van der Waals surface area contributed by atoms with Gasteiger partial charge in [0.2, 0.25) is 0 Å². The minimum atomic E-state index is -0.305. The number of ether oxygens (including phenoxy) is 2. The second-order valence-electron chi connectivity index (χ2n) is 3.86. The molecule has 0 spiro atoms. The Bertz CT molecular complexity index is 347. The molecule has 0 unspecified atom stereocenters. The van der Waals surface area contributed by atoms with E-state index in [9.17, 15) is 4.79 Å². The molecule has 0 N–H and O–H groups in total. The Morgan fingerprint density at radius 3 is 2.82 bits per heavy atom. The van der Waals surface area contributed by atoms with Gasteiger partial charge in [-0.15, -0.1) is 0 Å². The molecule has 0 radical (unpaired) electrons. The van der Waals surface area contributed by atoms with Crippen molar-refractivity contribution >= 4 is 5.97 Å². The standard InChI is InChI=1S/C14H20O3/c1-3-5-9-16-14(15)11-17-13-8-6-7-12(4-2)10-13/h6-8,10H,3-5,9,11H2,1-2H3. The molecule has 1 rings (SSSR count). The lowest BCUT2D eigenvalue weighted by Crippen LogP contribution is -2.15. The van der Waals surface area contributed by atoms with Crippen molar-refractivity contribution in [2.24, 2.45) is 0 Å². The molecule has 0 amide bonds. The number of rotatable bonds is 7. The molecule has 0 aliphatic heterocycles. The molecule has 1 aromatic rings. The predicted octanol–water partition coefficient (Wildman–Crippen LogP) is 2.97. The molecule has 17 heavy (non-hydrogen) atoms. The van der Waals surface area contributed by atoms with E-state index in [2.05, 4.69) is 13.8 Å². The molecule has 3 heteroatoms. The first-order valence-corrected chi connectivity index (χ1v) is 6.13. The van der Waals surface area contributed by atoms with E-state index in [1.54, 1.807) is 0 Å². The Labute approximate surface area is 103 Å². The van der Waals surface area contributed by atoms with Gasteiger partial charge in [-0.25, -0.2) is 4.79 Å². The molecule has 0 aliphatic rings. The fourth-order valence-electron chi connectivity index (χ4n) is 1.37. The van der Waals surface area contributed by atoms with Crippen LogP contribution in [0.25, 0.3) is 0 Å². The minimum Gasteiger partial charge on any atom is -0.482 e. The summed E-state index contributed by atoms with van der Waals surface area (Å²) in [5, 5.41) is 0. The molecule has 0 atom stereocenters. The van der Waals surface area contributed by atoms with Gasteiger partial charge >= 0.3 is 5.97 Å². The first-order valence-electron chi connectivity index (χ1n) is 6.13. The molecule has 0 aliphatic carbocycles. The molecular formula is C14H20O3. The molecule has 0 fully saturated rings. The second kappa shape index (κ2) is 7.71.